The average molecular weight is 301 g/mol. The van der Waals surface area contributed by atoms with Gasteiger partial charge in [-0.3, -0.25) is 0 Å². The van der Waals surface area contributed by atoms with E-state index in [1.165, 1.54) is 50.2 Å². The van der Waals surface area contributed by atoms with Crippen LogP contribution in [-0.2, 0) is 8.85 Å². The van der Waals surface area contributed by atoms with Crippen molar-refractivity contribution in [3.63, 3.8) is 0 Å². The first-order chi connectivity index (χ1) is 9.04. The van der Waals surface area contributed by atoms with Gasteiger partial charge in [-0.15, -0.1) is 6.58 Å². The molecular formula is C15H32O2Si2. The van der Waals surface area contributed by atoms with Crippen molar-refractivity contribution in [2.75, 3.05) is 13.2 Å². The summed E-state index contributed by atoms with van der Waals surface area (Å²) in [6.07, 6.45) is 6.61. The first-order valence-electron chi connectivity index (χ1n) is 7.95. The van der Waals surface area contributed by atoms with Crippen molar-refractivity contribution in [2.45, 2.75) is 70.3 Å². The molecule has 0 bridgehead atoms. The van der Waals surface area contributed by atoms with Crippen LogP contribution in [0.3, 0.4) is 0 Å². The highest BCUT2D eigenvalue weighted by Crippen LogP contribution is 2.26. The monoisotopic (exact) mass is 300 g/mol. The van der Waals surface area contributed by atoms with Crippen molar-refractivity contribution in [1.29, 1.82) is 0 Å². The SMILES string of the molecule is C=C[Si]1(C)CCCCO1.CCC[Si]1(C)CCCCO1. The maximum atomic E-state index is 5.84. The molecule has 0 spiro atoms. The molecule has 2 fully saturated rings. The van der Waals surface area contributed by atoms with Crippen LogP contribution in [0.5, 0.6) is 0 Å². The molecule has 2 nitrogen and oxygen atoms in total. The Balaban J connectivity index is 0.000000191. The second kappa shape index (κ2) is 8.40. The predicted octanol–water partition coefficient (Wildman–Crippen LogP) is 4.88. The van der Waals surface area contributed by atoms with Crippen LogP contribution in [0.1, 0.15) is 39.0 Å². The van der Waals surface area contributed by atoms with Gasteiger partial charge in [0.1, 0.15) is 0 Å². The van der Waals surface area contributed by atoms with Crippen molar-refractivity contribution in [1.82, 2.24) is 0 Å². The van der Waals surface area contributed by atoms with Crippen LogP contribution in [0.15, 0.2) is 12.3 Å². The van der Waals surface area contributed by atoms with Gasteiger partial charge in [-0.25, -0.2) is 0 Å². The first-order valence-corrected chi connectivity index (χ1v) is 13.5. The molecule has 2 saturated heterocycles. The zero-order valence-electron chi connectivity index (χ0n) is 13.2. The minimum absolute atomic E-state index is 0.967. The van der Waals surface area contributed by atoms with E-state index in [2.05, 4.69) is 26.6 Å². The van der Waals surface area contributed by atoms with Gasteiger partial charge in [-0.05, 0) is 44.1 Å². The van der Waals surface area contributed by atoms with Crippen LogP contribution in [-0.4, -0.2) is 29.8 Å². The van der Waals surface area contributed by atoms with E-state index in [-0.39, 0.29) is 0 Å². The molecule has 2 rings (SSSR count). The van der Waals surface area contributed by atoms with E-state index in [4.69, 9.17) is 8.85 Å². The van der Waals surface area contributed by atoms with E-state index in [0.29, 0.717) is 0 Å². The van der Waals surface area contributed by atoms with E-state index < -0.39 is 16.6 Å². The molecule has 0 amide bonds. The molecular weight excluding hydrogens is 268 g/mol. The fourth-order valence-electron chi connectivity index (χ4n) is 2.83. The highest BCUT2D eigenvalue weighted by Gasteiger charge is 2.29. The van der Waals surface area contributed by atoms with Gasteiger partial charge in [0.2, 0.25) is 8.32 Å². The molecule has 0 radical (unpaired) electrons. The lowest BCUT2D eigenvalue weighted by atomic mass is 10.4. The maximum Gasteiger partial charge on any atom is 0.213 e. The summed E-state index contributed by atoms with van der Waals surface area (Å²) in [6, 6.07) is 4.05. The molecule has 2 heterocycles. The predicted molar refractivity (Wildman–Crippen MR) is 88.5 cm³/mol. The lowest BCUT2D eigenvalue weighted by molar-refractivity contribution is 0.270. The molecule has 0 saturated carbocycles. The molecule has 2 aliphatic rings. The van der Waals surface area contributed by atoms with Gasteiger partial charge in [-0.2, -0.15) is 0 Å². The summed E-state index contributed by atoms with van der Waals surface area (Å²) in [5.41, 5.74) is 2.05. The highest BCUT2D eigenvalue weighted by atomic mass is 28.4. The Kier molecular flexibility index (Phi) is 7.58. The van der Waals surface area contributed by atoms with Gasteiger partial charge < -0.3 is 8.85 Å². The minimum Gasteiger partial charge on any atom is -0.417 e. The van der Waals surface area contributed by atoms with Gasteiger partial charge >= 0.3 is 0 Å². The van der Waals surface area contributed by atoms with E-state index in [0.717, 1.165) is 13.2 Å². The lowest BCUT2D eigenvalue weighted by Crippen LogP contribution is -2.37. The standard InChI is InChI=1S/C8H18OSi.C7H14OSi/c1-3-7-10(2)8-5-4-6-9-10;1-3-9(2)7-5-4-6-8-9/h3-8H2,1-2H3;3H,1,4-7H2,2H3. The molecule has 0 aliphatic carbocycles. The van der Waals surface area contributed by atoms with E-state index >= 15 is 0 Å². The first kappa shape index (κ1) is 17.1. The zero-order valence-corrected chi connectivity index (χ0v) is 15.2. The van der Waals surface area contributed by atoms with Crippen LogP contribution in [0, 0.1) is 0 Å². The Labute approximate surface area is 121 Å². The topological polar surface area (TPSA) is 18.5 Å². The number of rotatable bonds is 3. The molecule has 4 heteroatoms. The third kappa shape index (κ3) is 6.38. The van der Waals surface area contributed by atoms with Crippen molar-refractivity contribution < 1.29 is 8.85 Å². The van der Waals surface area contributed by atoms with Crippen LogP contribution in [0.2, 0.25) is 31.2 Å². The summed E-state index contributed by atoms with van der Waals surface area (Å²) >= 11 is 0. The molecule has 2 unspecified atom stereocenters. The van der Waals surface area contributed by atoms with Crippen molar-refractivity contribution in [3.05, 3.63) is 12.3 Å². The molecule has 2 atom stereocenters. The van der Waals surface area contributed by atoms with Crippen LogP contribution in [0.4, 0.5) is 0 Å². The summed E-state index contributed by atoms with van der Waals surface area (Å²) in [5.74, 6) is 0. The second-order valence-electron chi connectivity index (χ2n) is 6.33. The molecule has 0 aromatic heterocycles. The van der Waals surface area contributed by atoms with Crippen LogP contribution < -0.4 is 0 Å². The Morgan fingerprint density at radius 3 is 2.00 bits per heavy atom. The van der Waals surface area contributed by atoms with E-state index in [1.807, 2.05) is 5.70 Å². The summed E-state index contributed by atoms with van der Waals surface area (Å²) in [5, 5.41) is 0. The summed E-state index contributed by atoms with van der Waals surface area (Å²) in [6.45, 7) is 12.7. The molecule has 0 N–H and O–H groups in total. The Morgan fingerprint density at radius 1 is 1.00 bits per heavy atom. The van der Waals surface area contributed by atoms with E-state index in [9.17, 15) is 0 Å². The quantitative estimate of drug-likeness (QED) is 0.692. The molecule has 0 aromatic rings. The molecule has 112 valence electrons. The van der Waals surface area contributed by atoms with Crippen molar-refractivity contribution in [3.8, 4) is 0 Å². The normalized spacial score (nSPS) is 35.1. The van der Waals surface area contributed by atoms with Gasteiger partial charge in [0.15, 0.2) is 8.32 Å². The minimum atomic E-state index is -1.35. The zero-order chi connectivity index (χ0) is 14.2. The average Bonchev–Trinajstić information content (AvgIpc) is 2.41. The Bertz CT molecular complexity index is 251. The number of hydrogen-bond acceptors (Lipinski definition) is 2. The summed E-state index contributed by atoms with van der Waals surface area (Å²) in [4.78, 5) is 0. The fraction of sp³-hybridized carbons (Fsp3) is 0.867. The molecule has 0 aromatic carbocycles. The molecule has 2 aliphatic heterocycles. The van der Waals surface area contributed by atoms with Crippen LogP contribution in [0.25, 0.3) is 0 Å². The smallest absolute Gasteiger partial charge is 0.213 e. The maximum absolute atomic E-state index is 5.84. The van der Waals surface area contributed by atoms with Gasteiger partial charge in [0, 0.05) is 13.2 Å². The third-order valence-corrected chi connectivity index (χ3v) is 11.2. The number of hydrogen-bond donors (Lipinski definition) is 0. The lowest BCUT2D eigenvalue weighted by Gasteiger charge is -2.31. The summed E-state index contributed by atoms with van der Waals surface area (Å²) in [7, 11) is -2.48. The highest BCUT2D eigenvalue weighted by molar-refractivity contribution is 6.77. The Morgan fingerprint density at radius 2 is 1.63 bits per heavy atom. The van der Waals surface area contributed by atoms with Gasteiger partial charge in [0.25, 0.3) is 0 Å². The van der Waals surface area contributed by atoms with Crippen molar-refractivity contribution in [2.24, 2.45) is 0 Å². The largest absolute Gasteiger partial charge is 0.417 e. The second-order valence-corrected chi connectivity index (χ2v) is 14.3. The summed E-state index contributed by atoms with van der Waals surface area (Å²) < 4.78 is 11.5. The van der Waals surface area contributed by atoms with Gasteiger partial charge in [0.05, 0.1) is 0 Å². The third-order valence-electron chi connectivity index (χ3n) is 4.26. The molecule has 19 heavy (non-hydrogen) atoms. The van der Waals surface area contributed by atoms with Crippen molar-refractivity contribution >= 4 is 16.6 Å². The van der Waals surface area contributed by atoms with Gasteiger partial charge in [-0.1, -0.05) is 31.9 Å². The van der Waals surface area contributed by atoms with E-state index in [1.54, 1.807) is 0 Å². The van der Waals surface area contributed by atoms with Crippen LogP contribution >= 0.6 is 0 Å². The fourth-order valence-corrected chi connectivity index (χ4v) is 8.09. The Hall–Kier alpha value is 0.0938.